The molecule has 3 nitrogen and oxygen atoms in total. The van der Waals surface area contributed by atoms with Crippen molar-refractivity contribution < 1.29 is 4.79 Å². The van der Waals surface area contributed by atoms with Crippen LogP contribution in [-0.2, 0) is 17.1 Å². The van der Waals surface area contributed by atoms with Crippen LogP contribution >= 0.6 is 22.9 Å². The monoisotopic (exact) mass is 350 g/mol. The highest BCUT2D eigenvalue weighted by atomic mass is 35.5. The maximum atomic E-state index is 12.7. The first-order valence-corrected chi connectivity index (χ1v) is 9.20. The van der Waals surface area contributed by atoms with E-state index < -0.39 is 0 Å². The average Bonchev–Trinajstić information content (AvgIpc) is 3.02. The maximum Gasteiger partial charge on any atom is 0.235 e. The van der Waals surface area contributed by atoms with E-state index in [9.17, 15) is 4.79 Å². The molecule has 0 bridgehead atoms. The summed E-state index contributed by atoms with van der Waals surface area (Å²) < 4.78 is 0. The number of halogens is 1. The molecule has 23 heavy (non-hydrogen) atoms. The molecule has 1 atom stereocenters. The second kappa shape index (κ2) is 7.93. The molecule has 0 aliphatic rings. The fourth-order valence-electron chi connectivity index (χ4n) is 2.45. The molecular formula is C18H23ClN2OS. The summed E-state index contributed by atoms with van der Waals surface area (Å²) in [6, 6.07) is 8.35. The number of hydrogen-bond donors (Lipinski definition) is 0. The van der Waals surface area contributed by atoms with Gasteiger partial charge in [0.1, 0.15) is 0 Å². The van der Waals surface area contributed by atoms with Crippen molar-refractivity contribution in [1.82, 2.24) is 4.98 Å². The van der Waals surface area contributed by atoms with E-state index in [2.05, 4.69) is 43.1 Å². The highest BCUT2D eigenvalue weighted by Crippen LogP contribution is 2.25. The first-order chi connectivity index (χ1) is 10.9. The molecule has 2 aromatic rings. The van der Waals surface area contributed by atoms with E-state index in [1.165, 1.54) is 16.9 Å². The number of alkyl halides is 1. The largest absolute Gasteiger partial charge is 0.291 e. The van der Waals surface area contributed by atoms with Gasteiger partial charge in [-0.2, -0.15) is 0 Å². The Hall–Kier alpha value is -1.39. The zero-order valence-corrected chi connectivity index (χ0v) is 15.6. The number of carbonyl (C=O) groups is 1. The summed E-state index contributed by atoms with van der Waals surface area (Å²) in [5.74, 6) is 0.839. The first-order valence-electron chi connectivity index (χ1n) is 7.79. The molecular weight excluding hydrogens is 328 g/mol. The summed E-state index contributed by atoms with van der Waals surface area (Å²) in [5, 5.41) is 2.58. The van der Waals surface area contributed by atoms with Crippen LogP contribution in [0.3, 0.4) is 0 Å². The van der Waals surface area contributed by atoms with E-state index >= 15 is 0 Å². The molecule has 0 fully saturated rings. The molecule has 0 radical (unpaired) electrons. The Morgan fingerprint density at radius 3 is 2.43 bits per heavy atom. The van der Waals surface area contributed by atoms with Gasteiger partial charge in [-0.3, -0.25) is 9.69 Å². The molecule has 0 saturated heterocycles. The molecule has 0 N–H and O–H groups in total. The van der Waals surface area contributed by atoms with Gasteiger partial charge in [0, 0.05) is 12.4 Å². The molecule has 1 unspecified atom stereocenters. The smallest absolute Gasteiger partial charge is 0.235 e. The van der Waals surface area contributed by atoms with E-state index in [-0.39, 0.29) is 11.8 Å². The molecule has 124 valence electrons. The number of rotatable bonds is 6. The van der Waals surface area contributed by atoms with E-state index in [0.717, 1.165) is 17.7 Å². The van der Waals surface area contributed by atoms with Gasteiger partial charge in [0.2, 0.25) is 5.91 Å². The van der Waals surface area contributed by atoms with Crippen LogP contribution < -0.4 is 4.90 Å². The van der Waals surface area contributed by atoms with Crippen molar-refractivity contribution >= 4 is 34.0 Å². The van der Waals surface area contributed by atoms with Crippen LogP contribution in [-0.4, -0.2) is 17.9 Å². The minimum absolute atomic E-state index is 0.0390. The van der Waals surface area contributed by atoms with Crippen molar-refractivity contribution in [3.05, 3.63) is 46.5 Å². The molecule has 0 aliphatic heterocycles. The highest BCUT2D eigenvalue weighted by Gasteiger charge is 2.22. The Morgan fingerprint density at radius 2 is 1.91 bits per heavy atom. The van der Waals surface area contributed by atoms with Gasteiger partial charge in [-0.25, -0.2) is 4.98 Å². The predicted octanol–water partition coefficient (Wildman–Crippen LogP) is 4.85. The lowest BCUT2D eigenvalue weighted by atomic mass is 9.96. The standard InChI is InChI=1S/C18H23ClN2OS/c1-12(2)9-14-5-7-15(8-6-14)13(3)17(22)21(4)18-20-16(10-19)11-23-18/h5-8,11-13H,9-10H2,1-4H3. The van der Waals surface area contributed by atoms with Crippen LogP contribution in [0, 0.1) is 5.92 Å². The van der Waals surface area contributed by atoms with Gasteiger partial charge in [-0.05, 0) is 30.4 Å². The van der Waals surface area contributed by atoms with Crippen LogP contribution in [0.5, 0.6) is 0 Å². The van der Waals surface area contributed by atoms with Gasteiger partial charge >= 0.3 is 0 Å². The van der Waals surface area contributed by atoms with Crippen molar-refractivity contribution in [1.29, 1.82) is 0 Å². The average molecular weight is 351 g/mol. The maximum absolute atomic E-state index is 12.7. The number of aromatic nitrogens is 1. The van der Waals surface area contributed by atoms with Crippen molar-refractivity contribution in [2.45, 2.75) is 39.0 Å². The number of thiazole rings is 1. The Bertz CT molecular complexity index is 651. The second-order valence-corrected chi connectivity index (χ2v) is 7.32. The third-order valence-electron chi connectivity index (χ3n) is 3.79. The molecule has 1 aromatic heterocycles. The van der Waals surface area contributed by atoms with Crippen LogP contribution in [0.25, 0.3) is 0 Å². The van der Waals surface area contributed by atoms with Gasteiger partial charge in [0.05, 0.1) is 17.5 Å². The summed E-state index contributed by atoms with van der Waals surface area (Å²) in [6.45, 7) is 6.35. The molecule has 5 heteroatoms. The van der Waals surface area contributed by atoms with Gasteiger partial charge < -0.3 is 0 Å². The molecule has 0 aliphatic carbocycles. The quantitative estimate of drug-likeness (QED) is 0.698. The summed E-state index contributed by atoms with van der Waals surface area (Å²) in [5.41, 5.74) is 3.14. The summed E-state index contributed by atoms with van der Waals surface area (Å²) in [6.07, 6.45) is 1.06. The fraction of sp³-hybridized carbons (Fsp3) is 0.444. The van der Waals surface area contributed by atoms with Gasteiger partial charge in [-0.15, -0.1) is 22.9 Å². The van der Waals surface area contributed by atoms with Crippen LogP contribution in [0.15, 0.2) is 29.6 Å². The van der Waals surface area contributed by atoms with Gasteiger partial charge in [0.25, 0.3) is 0 Å². The van der Waals surface area contributed by atoms with Crippen molar-refractivity contribution in [2.75, 3.05) is 11.9 Å². The summed E-state index contributed by atoms with van der Waals surface area (Å²) in [4.78, 5) is 18.6. The number of likely N-dealkylation sites (N-methyl/N-ethyl adjacent to an activating group) is 1. The number of carbonyl (C=O) groups excluding carboxylic acids is 1. The third-order valence-corrected chi connectivity index (χ3v) is 5.03. The minimum atomic E-state index is -0.198. The third kappa shape index (κ3) is 4.55. The Kier molecular flexibility index (Phi) is 6.19. The van der Waals surface area contributed by atoms with Crippen molar-refractivity contribution in [3.63, 3.8) is 0 Å². The fourth-order valence-corrected chi connectivity index (χ4v) is 3.48. The topological polar surface area (TPSA) is 33.2 Å². The normalized spacial score (nSPS) is 12.4. The van der Waals surface area contributed by atoms with Gasteiger partial charge in [0.15, 0.2) is 5.13 Å². The molecule has 1 heterocycles. The van der Waals surface area contributed by atoms with Crippen LogP contribution in [0.1, 0.15) is 43.5 Å². The van der Waals surface area contributed by atoms with Crippen LogP contribution in [0.4, 0.5) is 5.13 Å². The van der Waals surface area contributed by atoms with E-state index in [1.807, 2.05) is 12.3 Å². The summed E-state index contributed by atoms with van der Waals surface area (Å²) in [7, 11) is 1.77. The number of anilines is 1. The summed E-state index contributed by atoms with van der Waals surface area (Å²) >= 11 is 7.22. The minimum Gasteiger partial charge on any atom is -0.291 e. The lowest BCUT2D eigenvalue weighted by molar-refractivity contribution is -0.119. The van der Waals surface area contributed by atoms with E-state index in [4.69, 9.17) is 11.6 Å². The van der Waals surface area contributed by atoms with Gasteiger partial charge in [-0.1, -0.05) is 38.1 Å². The lowest BCUT2D eigenvalue weighted by Gasteiger charge is -2.19. The number of hydrogen-bond acceptors (Lipinski definition) is 3. The Balaban J connectivity index is 2.09. The highest BCUT2D eigenvalue weighted by molar-refractivity contribution is 7.14. The predicted molar refractivity (Wildman–Crippen MR) is 98.5 cm³/mol. The second-order valence-electron chi connectivity index (χ2n) is 6.21. The zero-order chi connectivity index (χ0) is 17.0. The molecule has 0 spiro atoms. The first kappa shape index (κ1) is 18.0. The Morgan fingerprint density at radius 1 is 1.26 bits per heavy atom. The Labute approximate surface area is 147 Å². The van der Waals surface area contributed by atoms with Crippen molar-refractivity contribution in [2.24, 2.45) is 5.92 Å². The molecule has 1 amide bonds. The molecule has 2 rings (SSSR count). The van der Waals surface area contributed by atoms with E-state index in [0.29, 0.717) is 16.9 Å². The van der Waals surface area contributed by atoms with Crippen LogP contribution in [0.2, 0.25) is 0 Å². The molecule has 1 aromatic carbocycles. The lowest BCUT2D eigenvalue weighted by Crippen LogP contribution is -2.30. The SMILES string of the molecule is CC(C)Cc1ccc(C(C)C(=O)N(C)c2nc(CCl)cs2)cc1. The molecule has 0 saturated carbocycles. The van der Waals surface area contributed by atoms with E-state index in [1.54, 1.807) is 11.9 Å². The zero-order valence-electron chi connectivity index (χ0n) is 14.0. The number of nitrogens with zero attached hydrogens (tertiary/aromatic N) is 2. The number of amides is 1. The van der Waals surface area contributed by atoms with Crippen molar-refractivity contribution in [3.8, 4) is 0 Å². The number of benzene rings is 1.